The maximum atomic E-state index is 10.8. The van der Waals surface area contributed by atoms with Gasteiger partial charge in [0.05, 0.1) is 15.5 Å². The number of halogens is 2. The summed E-state index contributed by atoms with van der Waals surface area (Å²) in [5.41, 5.74) is -0.714. The minimum Gasteiger partial charge on any atom is -0.502 e. The summed E-state index contributed by atoms with van der Waals surface area (Å²) in [6.45, 7) is 0. The second-order valence-corrected chi connectivity index (χ2v) is 5.11. The van der Waals surface area contributed by atoms with E-state index in [1.54, 1.807) is 0 Å². The van der Waals surface area contributed by atoms with E-state index in [0.717, 1.165) is 18.3 Å². The zero-order valence-corrected chi connectivity index (χ0v) is 12.7. The zero-order valence-electron chi connectivity index (χ0n) is 11.1. The van der Waals surface area contributed by atoms with Gasteiger partial charge in [-0.25, -0.2) is 0 Å². The van der Waals surface area contributed by atoms with Crippen LogP contribution in [0.25, 0.3) is 0 Å². The fourth-order valence-electron chi connectivity index (χ4n) is 1.71. The molecule has 0 atom stereocenters. The molecule has 2 rings (SSSR count). The molecule has 118 valence electrons. The predicted octanol–water partition coefficient (Wildman–Crippen LogP) is 4.27. The molecule has 0 fully saturated rings. The molecule has 0 heterocycles. The van der Waals surface area contributed by atoms with E-state index in [0.29, 0.717) is 0 Å². The van der Waals surface area contributed by atoms with Crippen molar-refractivity contribution >= 4 is 46.5 Å². The van der Waals surface area contributed by atoms with Crippen LogP contribution in [0.5, 0.6) is 5.75 Å². The Kier molecular flexibility index (Phi) is 4.77. The number of aliphatic imine (C=N–C) groups is 1. The Morgan fingerprint density at radius 3 is 2.30 bits per heavy atom. The van der Waals surface area contributed by atoms with E-state index in [1.807, 2.05) is 0 Å². The van der Waals surface area contributed by atoms with E-state index >= 15 is 0 Å². The lowest BCUT2D eigenvalue weighted by molar-refractivity contribution is -0.385. The lowest BCUT2D eigenvalue weighted by Crippen LogP contribution is -1.92. The third-order valence-corrected chi connectivity index (χ3v) is 3.30. The Morgan fingerprint density at radius 2 is 1.70 bits per heavy atom. The third-order valence-electron chi connectivity index (χ3n) is 2.76. The summed E-state index contributed by atoms with van der Waals surface area (Å²) in [7, 11) is 0. The number of nitro benzene ring substituents is 2. The topological polar surface area (TPSA) is 119 Å². The van der Waals surface area contributed by atoms with Gasteiger partial charge in [-0.15, -0.1) is 0 Å². The highest BCUT2D eigenvalue weighted by Crippen LogP contribution is 2.33. The van der Waals surface area contributed by atoms with Gasteiger partial charge in [0, 0.05) is 28.9 Å². The number of nitrogens with zero attached hydrogens (tertiary/aromatic N) is 3. The second-order valence-electron chi connectivity index (χ2n) is 4.27. The Bertz CT molecular complexity index is 839. The maximum absolute atomic E-state index is 10.8. The van der Waals surface area contributed by atoms with Crippen molar-refractivity contribution in [3.63, 3.8) is 0 Å². The van der Waals surface area contributed by atoms with Crippen LogP contribution in [0.2, 0.25) is 10.0 Å². The van der Waals surface area contributed by atoms with Gasteiger partial charge in [-0.1, -0.05) is 23.2 Å². The van der Waals surface area contributed by atoms with Crippen LogP contribution in [-0.4, -0.2) is 21.2 Å². The van der Waals surface area contributed by atoms with Gasteiger partial charge >= 0.3 is 5.69 Å². The van der Waals surface area contributed by atoms with Crippen LogP contribution in [0.1, 0.15) is 5.56 Å². The van der Waals surface area contributed by atoms with Gasteiger partial charge in [0.15, 0.2) is 0 Å². The SMILES string of the molecule is O=[N+]([O-])c1cc(N=Cc2cc(Cl)cc([N+](=O)[O-])c2O)ccc1Cl. The molecule has 0 aromatic heterocycles. The zero-order chi connectivity index (χ0) is 17.1. The van der Waals surface area contributed by atoms with Gasteiger partial charge in [-0.2, -0.15) is 0 Å². The first-order valence-corrected chi connectivity index (χ1v) is 6.70. The van der Waals surface area contributed by atoms with Crippen molar-refractivity contribution in [2.45, 2.75) is 0 Å². The predicted molar refractivity (Wildman–Crippen MR) is 85.1 cm³/mol. The molecule has 0 saturated carbocycles. The number of nitro groups is 2. The molecule has 0 radical (unpaired) electrons. The summed E-state index contributed by atoms with van der Waals surface area (Å²) in [4.78, 5) is 24.1. The summed E-state index contributed by atoms with van der Waals surface area (Å²) in [6, 6.07) is 6.13. The van der Waals surface area contributed by atoms with E-state index < -0.39 is 21.3 Å². The minimum absolute atomic E-state index is 0.00167. The molecular weight excluding hydrogens is 349 g/mol. The quantitative estimate of drug-likeness (QED) is 0.498. The highest BCUT2D eigenvalue weighted by atomic mass is 35.5. The number of phenols is 1. The lowest BCUT2D eigenvalue weighted by Gasteiger charge is -2.02. The maximum Gasteiger partial charge on any atom is 0.312 e. The minimum atomic E-state index is -0.786. The molecule has 2 aromatic carbocycles. The van der Waals surface area contributed by atoms with Crippen molar-refractivity contribution in [1.82, 2.24) is 0 Å². The molecule has 0 aliphatic carbocycles. The fourth-order valence-corrected chi connectivity index (χ4v) is 2.12. The van der Waals surface area contributed by atoms with Crippen molar-refractivity contribution in [2.24, 2.45) is 4.99 Å². The smallest absolute Gasteiger partial charge is 0.312 e. The number of phenolic OH excluding ortho intramolecular Hbond substituents is 1. The summed E-state index contributed by atoms with van der Waals surface area (Å²) >= 11 is 11.4. The summed E-state index contributed by atoms with van der Waals surface area (Å²) < 4.78 is 0. The van der Waals surface area contributed by atoms with Gasteiger partial charge in [-0.05, 0) is 18.2 Å². The van der Waals surface area contributed by atoms with Crippen LogP contribution in [0, 0.1) is 20.2 Å². The van der Waals surface area contributed by atoms with Crippen LogP contribution < -0.4 is 0 Å². The van der Waals surface area contributed by atoms with E-state index in [2.05, 4.69) is 4.99 Å². The highest BCUT2D eigenvalue weighted by Gasteiger charge is 2.18. The summed E-state index contributed by atoms with van der Waals surface area (Å²) in [5.74, 6) is -0.605. The Hall–Kier alpha value is -2.71. The van der Waals surface area contributed by atoms with Gasteiger partial charge < -0.3 is 5.11 Å². The second kappa shape index (κ2) is 6.59. The average molecular weight is 356 g/mol. The van der Waals surface area contributed by atoms with Crippen LogP contribution >= 0.6 is 23.2 Å². The van der Waals surface area contributed by atoms with Crippen molar-refractivity contribution in [3.8, 4) is 5.75 Å². The van der Waals surface area contributed by atoms with Gasteiger partial charge in [0.2, 0.25) is 5.75 Å². The molecule has 0 amide bonds. The lowest BCUT2D eigenvalue weighted by atomic mass is 10.2. The van der Waals surface area contributed by atoms with Crippen molar-refractivity contribution < 1.29 is 15.0 Å². The van der Waals surface area contributed by atoms with Crippen LogP contribution in [0.3, 0.4) is 0 Å². The fraction of sp³-hybridized carbons (Fsp3) is 0. The van der Waals surface area contributed by atoms with E-state index in [1.165, 1.54) is 18.2 Å². The Balaban J connectivity index is 2.43. The molecular formula is C13H7Cl2N3O5. The molecule has 2 aromatic rings. The molecule has 0 bridgehead atoms. The first-order valence-electron chi connectivity index (χ1n) is 5.94. The first-order chi connectivity index (χ1) is 10.8. The van der Waals surface area contributed by atoms with Crippen molar-refractivity contribution in [1.29, 1.82) is 0 Å². The number of aromatic hydroxyl groups is 1. The van der Waals surface area contributed by atoms with Crippen LogP contribution in [0.4, 0.5) is 17.1 Å². The van der Waals surface area contributed by atoms with E-state index in [4.69, 9.17) is 23.2 Å². The van der Waals surface area contributed by atoms with Crippen LogP contribution in [0.15, 0.2) is 35.3 Å². The number of hydrogen-bond donors (Lipinski definition) is 1. The summed E-state index contributed by atoms with van der Waals surface area (Å²) in [5, 5.41) is 31.4. The molecule has 8 nitrogen and oxygen atoms in total. The molecule has 10 heteroatoms. The molecule has 0 spiro atoms. The van der Waals surface area contributed by atoms with E-state index in [-0.39, 0.29) is 27.0 Å². The Morgan fingerprint density at radius 1 is 1.04 bits per heavy atom. The molecule has 0 aliphatic rings. The molecule has 0 unspecified atom stereocenters. The molecule has 1 N–H and O–H groups in total. The largest absolute Gasteiger partial charge is 0.502 e. The average Bonchev–Trinajstić information content (AvgIpc) is 2.48. The van der Waals surface area contributed by atoms with Gasteiger partial charge in [-0.3, -0.25) is 25.2 Å². The first kappa shape index (κ1) is 16.7. The number of hydrogen-bond acceptors (Lipinski definition) is 6. The van der Waals surface area contributed by atoms with E-state index in [9.17, 15) is 25.3 Å². The monoisotopic (exact) mass is 355 g/mol. The number of rotatable bonds is 4. The van der Waals surface area contributed by atoms with Gasteiger partial charge in [0.1, 0.15) is 5.02 Å². The standard InChI is InChI=1S/C13H7Cl2N3O5/c14-8-3-7(13(19)12(4-8)18(22)23)6-16-9-1-2-10(15)11(5-9)17(20)21/h1-6,19H. The third kappa shape index (κ3) is 3.74. The van der Waals surface area contributed by atoms with Crippen molar-refractivity contribution in [3.05, 3.63) is 66.2 Å². The van der Waals surface area contributed by atoms with Crippen molar-refractivity contribution in [2.75, 3.05) is 0 Å². The van der Waals surface area contributed by atoms with Crippen LogP contribution in [-0.2, 0) is 0 Å². The Labute approximate surface area is 138 Å². The van der Waals surface area contributed by atoms with Gasteiger partial charge in [0.25, 0.3) is 5.69 Å². The molecule has 23 heavy (non-hydrogen) atoms. The molecule has 0 saturated heterocycles. The number of benzene rings is 2. The normalized spacial score (nSPS) is 10.9. The molecule has 0 aliphatic heterocycles. The summed E-state index contributed by atoms with van der Waals surface area (Å²) in [6.07, 6.45) is 1.11. The highest BCUT2D eigenvalue weighted by molar-refractivity contribution is 6.32.